The molecule has 16 heavy (non-hydrogen) atoms. The summed E-state index contributed by atoms with van der Waals surface area (Å²) in [7, 11) is 1.58. The lowest BCUT2D eigenvalue weighted by atomic mass is 10.2. The highest BCUT2D eigenvalue weighted by Crippen LogP contribution is 2.23. The highest BCUT2D eigenvalue weighted by atomic mass is 16.5. The summed E-state index contributed by atoms with van der Waals surface area (Å²) in [6.45, 7) is 2.54. The fraction of sp³-hybridized carbons (Fsp3) is 0.273. The van der Waals surface area contributed by atoms with Crippen molar-refractivity contribution < 1.29 is 14.6 Å². The van der Waals surface area contributed by atoms with E-state index in [0.29, 0.717) is 17.7 Å². The van der Waals surface area contributed by atoms with E-state index in [2.05, 4.69) is 5.10 Å². The number of fused-ring (bicyclic) bond motifs is 1. The molecular weight excluding hydrogens is 208 g/mol. The molecule has 0 saturated carbocycles. The molecule has 0 aliphatic carbocycles. The second-order valence-electron chi connectivity index (χ2n) is 3.35. The van der Waals surface area contributed by atoms with E-state index < -0.39 is 5.97 Å². The van der Waals surface area contributed by atoms with Gasteiger partial charge in [-0.05, 0) is 19.1 Å². The lowest BCUT2D eigenvalue weighted by Crippen LogP contribution is -2.01. The molecular formula is C11H12N2O3. The summed E-state index contributed by atoms with van der Waals surface area (Å²) in [5.74, 6) is -0.318. The molecule has 0 amide bonds. The van der Waals surface area contributed by atoms with Gasteiger partial charge in [0, 0.05) is 18.0 Å². The van der Waals surface area contributed by atoms with Crippen molar-refractivity contribution in [2.24, 2.45) is 0 Å². The lowest BCUT2D eigenvalue weighted by molar-refractivity contribution is 0.0691. The van der Waals surface area contributed by atoms with Gasteiger partial charge in [0.1, 0.15) is 5.75 Å². The third-order valence-corrected chi connectivity index (χ3v) is 2.46. The smallest absolute Gasteiger partial charge is 0.357 e. The Morgan fingerprint density at radius 3 is 2.88 bits per heavy atom. The third kappa shape index (κ3) is 1.50. The molecule has 0 unspecified atom stereocenters. The SMILES string of the molecule is CCn1nc(C(=O)O)c2ccc(OC)cc21. The second kappa shape index (κ2) is 3.84. The van der Waals surface area contributed by atoms with E-state index >= 15 is 0 Å². The van der Waals surface area contributed by atoms with Crippen molar-refractivity contribution in [1.82, 2.24) is 9.78 Å². The molecule has 0 spiro atoms. The number of aryl methyl sites for hydroxylation is 1. The molecule has 0 bridgehead atoms. The number of carbonyl (C=O) groups is 1. The first-order chi connectivity index (χ1) is 7.67. The van der Waals surface area contributed by atoms with Crippen LogP contribution in [0.1, 0.15) is 17.4 Å². The van der Waals surface area contributed by atoms with Gasteiger partial charge in [-0.15, -0.1) is 0 Å². The highest BCUT2D eigenvalue weighted by Gasteiger charge is 2.15. The van der Waals surface area contributed by atoms with Gasteiger partial charge in [-0.3, -0.25) is 4.68 Å². The van der Waals surface area contributed by atoms with Crippen LogP contribution < -0.4 is 4.74 Å². The van der Waals surface area contributed by atoms with Crippen molar-refractivity contribution in [3.63, 3.8) is 0 Å². The Balaban J connectivity index is 2.74. The number of methoxy groups -OCH3 is 1. The molecule has 0 atom stereocenters. The summed E-state index contributed by atoms with van der Waals surface area (Å²) in [6, 6.07) is 5.24. The maximum Gasteiger partial charge on any atom is 0.357 e. The van der Waals surface area contributed by atoms with Gasteiger partial charge in [0.25, 0.3) is 0 Å². The third-order valence-electron chi connectivity index (χ3n) is 2.46. The number of hydrogen-bond acceptors (Lipinski definition) is 3. The molecule has 0 aliphatic rings. The summed E-state index contributed by atoms with van der Waals surface area (Å²) in [5.41, 5.74) is 0.860. The van der Waals surface area contributed by atoms with Crippen LogP contribution in [-0.2, 0) is 6.54 Å². The number of aromatic carboxylic acids is 1. The first kappa shape index (κ1) is 10.5. The summed E-state index contributed by atoms with van der Waals surface area (Å²) in [6.07, 6.45) is 0. The molecule has 2 rings (SSSR count). The Morgan fingerprint density at radius 2 is 2.31 bits per heavy atom. The number of nitrogens with zero attached hydrogens (tertiary/aromatic N) is 2. The summed E-state index contributed by atoms with van der Waals surface area (Å²) < 4.78 is 6.76. The van der Waals surface area contributed by atoms with Crippen LogP contribution in [0.5, 0.6) is 5.75 Å². The lowest BCUT2D eigenvalue weighted by Gasteiger charge is -2.01. The quantitative estimate of drug-likeness (QED) is 0.856. The van der Waals surface area contributed by atoms with Crippen LogP contribution in [0.25, 0.3) is 10.9 Å². The molecule has 0 saturated heterocycles. The minimum Gasteiger partial charge on any atom is -0.497 e. The minimum atomic E-state index is -1.01. The molecule has 5 nitrogen and oxygen atoms in total. The van der Waals surface area contributed by atoms with E-state index in [1.54, 1.807) is 30.0 Å². The van der Waals surface area contributed by atoms with E-state index in [0.717, 1.165) is 5.52 Å². The van der Waals surface area contributed by atoms with Gasteiger partial charge in [0.15, 0.2) is 5.69 Å². The minimum absolute atomic E-state index is 0.0829. The van der Waals surface area contributed by atoms with Crippen LogP contribution in [-0.4, -0.2) is 28.0 Å². The second-order valence-corrected chi connectivity index (χ2v) is 3.35. The molecule has 84 valence electrons. The number of carboxylic acids is 1. The number of rotatable bonds is 3. The molecule has 0 aliphatic heterocycles. The van der Waals surface area contributed by atoms with Crippen LogP contribution in [0.15, 0.2) is 18.2 Å². The van der Waals surface area contributed by atoms with Gasteiger partial charge in [-0.2, -0.15) is 5.10 Å². The van der Waals surface area contributed by atoms with Gasteiger partial charge < -0.3 is 9.84 Å². The van der Waals surface area contributed by atoms with Gasteiger partial charge in [-0.1, -0.05) is 0 Å². The van der Waals surface area contributed by atoms with Crippen molar-refractivity contribution in [2.45, 2.75) is 13.5 Å². The number of carboxylic acid groups (broad SMARTS) is 1. The molecule has 1 heterocycles. The van der Waals surface area contributed by atoms with Gasteiger partial charge in [-0.25, -0.2) is 4.79 Å². The van der Waals surface area contributed by atoms with E-state index in [9.17, 15) is 4.79 Å². The highest BCUT2D eigenvalue weighted by molar-refractivity contribution is 6.01. The van der Waals surface area contributed by atoms with Gasteiger partial charge >= 0.3 is 5.97 Å². The first-order valence-corrected chi connectivity index (χ1v) is 4.95. The van der Waals surface area contributed by atoms with E-state index in [4.69, 9.17) is 9.84 Å². The number of aromatic nitrogens is 2. The van der Waals surface area contributed by atoms with Crippen molar-refractivity contribution in [3.8, 4) is 5.75 Å². The molecule has 1 N–H and O–H groups in total. The normalized spacial score (nSPS) is 10.6. The Kier molecular flexibility index (Phi) is 2.52. The van der Waals surface area contributed by atoms with E-state index in [1.165, 1.54) is 0 Å². The molecule has 1 aromatic heterocycles. The Morgan fingerprint density at radius 1 is 1.56 bits per heavy atom. The Hall–Kier alpha value is -2.04. The predicted molar refractivity (Wildman–Crippen MR) is 58.9 cm³/mol. The Bertz CT molecular complexity index is 545. The molecule has 5 heteroatoms. The fourth-order valence-corrected chi connectivity index (χ4v) is 1.68. The maximum absolute atomic E-state index is 11.0. The van der Waals surface area contributed by atoms with Crippen molar-refractivity contribution in [2.75, 3.05) is 7.11 Å². The van der Waals surface area contributed by atoms with E-state index in [-0.39, 0.29) is 5.69 Å². The van der Waals surface area contributed by atoms with Crippen LogP contribution >= 0.6 is 0 Å². The zero-order valence-corrected chi connectivity index (χ0v) is 9.10. The van der Waals surface area contributed by atoms with E-state index in [1.807, 2.05) is 6.92 Å². The van der Waals surface area contributed by atoms with Crippen molar-refractivity contribution >= 4 is 16.9 Å². The summed E-state index contributed by atoms with van der Waals surface area (Å²) in [5, 5.41) is 13.7. The zero-order valence-electron chi connectivity index (χ0n) is 9.10. The summed E-state index contributed by atoms with van der Waals surface area (Å²) >= 11 is 0. The van der Waals surface area contributed by atoms with Crippen molar-refractivity contribution in [1.29, 1.82) is 0 Å². The number of hydrogen-bond donors (Lipinski definition) is 1. The van der Waals surface area contributed by atoms with Crippen LogP contribution in [0, 0.1) is 0 Å². The topological polar surface area (TPSA) is 64.4 Å². The maximum atomic E-state index is 11.0. The first-order valence-electron chi connectivity index (χ1n) is 4.95. The van der Waals surface area contributed by atoms with Crippen LogP contribution in [0.3, 0.4) is 0 Å². The fourth-order valence-electron chi connectivity index (χ4n) is 1.68. The number of ether oxygens (including phenoxy) is 1. The van der Waals surface area contributed by atoms with Gasteiger partial charge in [0.2, 0.25) is 0 Å². The van der Waals surface area contributed by atoms with Crippen LogP contribution in [0.4, 0.5) is 0 Å². The monoisotopic (exact) mass is 220 g/mol. The van der Waals surface area contributed by atoms with Crippen molar-refractivity contribution in [3.05, 3.63) is 23.9 Å². The number of benzene rings is 1. The Labute approximate surface area is 92.2 Å². The molecule has 1 aromatic carbocycles. The average molecular weight is 220 g/mol. The zero-order chi connectivity index (χ0) is 11.7. The van der Waals surface area contributed by atoms with Crippen LogP contribution in [0.2, 0.25) is 0 Å². The average Bonchev–Trinajstić information content (AvgIpc) is 2.66. The molecule has 0 radical (unpaired) electrons. The molecule has 2 aromatic rings. The largest absolute Gasteiger partial charge is 0.497 e. The summed E-state index contributed by atoms with van der Waals surface area (Å²) in [4.78, 5) is 11.0. The predicted octanol–water partition coefficient (Wildman–Crippen LogP) is 1.76. The standard InChI is InChI=1S/C11H12N2O3/c1-3-13-9-6-7(16-2)4-5-8(9)10(12-13)11(14)15/h4-6H,3H2,1-2H3,(H,14,15). The van der Waals surface area contributed by atoms with Gasteiger partial charge in [0.05, 0.1) is 12.6 Å². The molecule has 0 fully saturated rings.